The molecule has 0 aromatic carbocycles. The van der Waals surface area contributed by atoms with Gasteiger partial charge in [0.1, 0.15) is 0 Å². The Balaban J connectivity index is 1.88. The summed E-state index contributed by atoms with van der Waals surface area (Å²) in [6.45, 7) is 4.61. The number of aliphatic hydroxyl groups is 1. The van der Waals surface area contributed by atoms with Crippen LogP contribution in [0.2, 0.25) is 0 Å². The van der Waals surface area contributed by atoms with Gasteiger partial charge in [0.25, 0.3) is 0 Å². The molecule has 1 saturated carbocycles. The molecule has 1 aromatic rings. The highest BCUT2D eigenvalue weighted by Gasteiger charge is 2.28. The van der Waals surface area contributed by atoms with Crippen molar-refractivity contribution >= 4 is 5.69 Å². The second-order valence-electron chi connectivity index (χ2n) is 6.26. The normalized spacial score (nSPS) is 25.5. The minimum Gasteiger partial charge on any atom is -0.398 e. The lowest BCUT2D eigenvalue weighted by Crippen LogP contribution is -2.29. The summed E-state index contributed by atoms with van der Waals surface area (Å²) in [4.78, 5) is 4.09. The highest BCUT2D eigenvalue weighted by Crippen LogP contribution is 2.35. The first-order valence-electron chi connectivity index (χ1n) is 7.44. The molecule has 1 aliphatic carbocycles. The van der Waals surface area contributed by atoms with Crippen LogP contribution < -0.4 is 5.73 Å². The third-order valence-electron chi connectivity index (χ3n) is 4.67. The van der Waals surface area contributed by atoms with Crippen LogP contribution in [0, 0.1) is 17.8 Å². The summed E-state index contributed by atoms with van der Waals surface area (Å²) in [6, 6.07) is 1.80. The molecule has 3 nitrogen and oxygen atoms in total. The molecule has 1 fully saturated rings. The van der Waals surface area contributed by atoms with E-state index in [0.717, 1.165) is 35.9 Å². The molecule has 0 spiro atoms. The van der Waals surface area contributed by atoms with Crippen molar-refractivity contribution in [1.29, 1.82) is 0 Å². The number of hydrogen-bond donors (Lipinski definition) is 2. The molecule has 0 aliphatic heterocycles. The molecule has 2 rings (SSSR count). The minimum absolute atomic E-state index is 0.278. The maximum atomic E-state index is 10.4. The second kappa shape index (κ2) is 6.38. The average molecular weight is 262 g/mol. The Morgan fingerprint density at radius 1 is 1.26 bits per heavy atom. The fourth-order valence-electron chi connectivity index (χ4n) is 3.20. The highest BCUT2D eigenvalue weighted by molar-refractivity contribution is 5.44. The van der Waals surface area contributed by atoms with Gasteiger partial charge in [0, 0.05) is 24.5 Å². The number of aliphatic hydroxyl groups excluding tert-OH is 1. The molecular weight excluding hydrogens is 236 g/mol. The molecule has 106 valence electrons. The van der Waals surface area contributed by atoms with E-state index in [0.29, 0.717) is 12.3 Å². The summed E-state index contributed by atoms with van der Waals surface area (Å²) in [5.41, 5.74) is 7.62. The van der Waals surface area contributed by atoms with E-state index in [-0.39, 0.29) is 6.10 Å². The van der Waals surface area contributed by atoms with Crippen LogP contribution in [0.4, 0.5) is 5.69 Å². The SMILES string of the molecule is CC(C)C1CCC(C(O)Cc2cnccc2N)CC1. The van der Waals surface area contributed by atoms with E-state index in [1.807, 2.05) is 0 Å². The Morgan fingerprint density at radius 3 is 2.47 bits per heavy atom. The lowest BCUT2D eigenvalue weighted by molar-refractivity contribution is 0.0675. The van der Waals surface area contributed by atoms with E-state index < -0.39 is 0 Å². The lowest BCUT2D eigenvalue weighted by atomic mass is 9.74. The van der Waals surface area contributed by atoms with Crippen LogP contribution in [0.1, 0.15) is 45.1 Å². The van der Waals surface area contributed by atoms with Crippen molar-refractivity contribution in [2.24, 2.45) is 17.8 Å². The molecule has 1 heterocycles. The quantitative estimate of drug-likeness (QED) is 0.877. The average Bonchev–Trinajstić information content (AvgIpc) is 2.41. The fraction of sp³-hybridized carbons (Fsp3) is 0.688. The van der Waals surface area contributed by atoms with Crippen molar-refractivity contribution in [3.05, 3.63) is 24.0 Å². The van der Waals surface area contributed by atoms with Gasteiger partial charge in [0.2, 0.25) is 0 Å². The number of hydrogen-bond acceptors (Lipinski definition) is 3. The van der Waals surface area contributed by atoms with Crippen LogP contribution in [-0.2, 0) is 6.42 Å². The van der Waals surface area contributed by atoms with E-state index in [9.17, 15) is 5.11 Å². The topological polar surface area (TPSA) is 59.1 Å². The molecular formula is C16H26N2O. The third-order valence-corrected chi connectivity index (χ3v) is 4.67. The van der Waals surface area contributed by atoms with Gasteiger partial charge in [-0.15, -0.1) is 0 Å². The molecule has 3 heteroatoms. The fourth-order valence-corrected chi connectivity index (χ4v) is 3.20. The van der Waals surface area contributed by atoms with Crippen LogP contribution in [0.15, 0.2) is 18.5 Å². The number of anilines is 1. The van der Waals surface area contributed by atoms with Crippen LogP contribution in [0.25, 0.3) is 0 Å². The molecule has 0 bridgehead atoms. The Hall–Kier alpha value is -1.09. The number of nitrogens with zero attached hydrogens (tertiary/aromatic N) is 1. The maximum Gasteiger partial charge on any atom is 0.0610 e. The van der Waals surface area contributed by atoms with Crippen molar-refractivity contribution in [3.63, 3.8) is 0 Å². The first-order chi connectivity index (χ1) is 9.08. The zero-order valence-electron chi connectivity index (χ0n) is 12.0. The van der Waals surface area contributed by atoms with Gasteiger partial charge in [-0.1, -0.05) is 13.8 Å². The van der Waals surface area contributed by atoms with Crippen molar-refractivity contribution in [1.82, 2.24) is 4.98 Å². The van der Waals surface area contributed by atoms with Gasteiger partial charge in [-0.05, 0) is 55.1 Å². The van der Waals surface area contributed by atoms with Crippen LogP contribution in [-0.4, -0.2) is 16.2 Å². The zero-order valence-corrected chi connectivity index (χ0v) is 12.0. The van der Waals surface area contributed by atoms with Gasteiger partial charge in [0.05, 0.1) is 6.10 Å². The number of nitrogen functional groups attached to an aromatic ring is 1. The van der Waals surface area contributed by atoms with Gasteiger partial charge in [0.15, 0.2) is 0 Å². The van der Waals surface area contributed by atoms with Crippen molar-refractivity contribution in [2.45, 2.75) is 52.1 Å². The Labute approximate surface area is 116 Å². The summed E-state index contributed by atoms with van der Waals surface area (Å²) in [6.07, 6.45) is 8.62. The second-order valence-corrected chi connectivity index (χ2v) is 6.26. The van der Waals surface area contributed by atoms with Crippen molar-refractivity contribution < 1.29 is 5.11 Å². The Kier molecular flexibility index (Phi) is 4.81. The van der Waals surface area contributed by atoms with Gasteiger partial charge in [-0.2, -0.15) is 0 Å². The summed E-state index contributed by atoms with van der Waals surface area (Å²) in [7, 11) is 0. The summed E-state index contributed by atoms with van der Waals surface area (Å²) >= 11 is 0. The first kappa shape index (κ1) is 14.3. The molecule has 3 N–H and O–H groups in total. The molecule has 0 radical (unpaired) electrons. The molecule has 1 aliphatic rings. The van der Waals surface area contributed by atoms with Gasteiger partial charge >= 0.3 is 0 Å². The molecule has 1 unspecified atom stereocenters. The molecule has 19 heavy (non-hydrogen) atoms. The minimum atomic E-state index is -0.278. The molecule has 1 atom stereocenters. The largest absolute Gasteiger partial charge is 0.398 e. The van der Waals surface area contributed by atoms with Gasteiger partial charge in [-0.25, -0.2) is 0 Å². The Bertz CT molecular complexity index is 397. The molecule has 0 saturated heterocycles. The molecule has 1 aromatic heterocycles. The van der Waals surface area contributed by atoms with Crippen LogP contribution in [0.5, 0.6) is 0 Å². The first-order valence-corrected chi connectivity index (χ1v) is 7.44. The lowest BCUT2D eigenvalue weighted by Gasteiger charge is -2.33. The van der Waals surface area contributed by atoms with Crippen molar-refractivity contribution in [3.8, 4) is 0 Å². The standard InChI is InChI=1S/C16H26N2O/c1-11(2)12-3-5-13(6-4-12)16(19)9-14-10-18-8-7-15(14)17/h7-8,10-13,16,19H,3-6,9H2,1-2H3,(H2,17,18). The van der Waals surface area contributed by atoms with Crippen molar-refractivity contribution in [2.75, 3.05) is 5.73 Å². The van der Waals surface area contributed by atoms with E-state index in [1.54, 1.807) is 18.5 Å². The van der Waals surface area contributed by atoms with Gasteiger partial charge < -0.3 is 10.8 Å². The number of nitrogens with two attached hydrogens (primary N) is 1. The molecule has 0 amide bonds. The number of aromatic nitrogens is 1. The smallest absolute Gasteiger partial charge is 0.0610 e. The maximum absolute atomic E-state index is 10.4. The zero-order chi connectivity index (χ0) is 13.8. The van der Waals surface area contributed by atoms with E-state index in [4.69, 9.17) is 5.73 Å². The predicted octanol–water partition coefficient (Wildman–Crippen LogP) is 3.03. The van der Waals surface area contributed by atoms with Crippen LogP contribution in [0.3, 0.4) is 0 Å². The summed E-state index contributed by atoms with van der Waals surface area (Å²) < 4.78 is 0. The highest BCUT2D eigenvalue weighted by atomic mass is 16.3. The van der Waals surface area contributed by atoms with Gasteiger partial charge in [-0.3, -0.25) is 4.98 Å². The van der Waals surface area contributed by atoms with E-state index in [1.165, 1.54) is 12.8 Å². The van der Waals surface area contributed by atoms with E-state index in [2.05, 4.69) is 18.8 Å². The monoisotopic (exact) mass is 262 g/mol. The summed E-state index contributed by atoms with van der Waals surface area (Å²) in [5.74, 6) is 2.04. The number of pyridine rings is 1. The summed E-state index contributed by atoms with van der Waals surface area (Å²) in [5, 5.41) is 10.4. The van der Waals surface area contributed by atoms with Crippen LogP contribution >= 0.6 is 0 Å². The van der Waals surface area contributed by atoms with E-state index >= 15 is 0 Å². The Morgan fingerprint density at radius 2 is 1.89 bits per heavy atom. The third kappa shape index (κ3) is 3.69. The number of rotatable bonds is 4. The predicted molar refractivity (Wildman–Crippen MR) is 78.6 cm³/mol.